The van der Waals surface area contributed by atoms with Gasteiger partial charge in [-0.1, -0.05) is 5.16 Å². The third-order valence-corrected chi connectivity index (χ3v) is 3.93. The van der Waals surface area contributed by atoms with Crippen LogP contribution in [-0.4, -0.2) is 11.0 Å². The molecule has 0 spiro atoms. The molecule has 0 radical (unpaired) electrons. The molecule has 0 aliphatic rings. The molecule has 0 atom stereocenters. The van der Waals surface area contributed by atoms with E-state index >= 15 is 0 Å². The van der Waals surface area contributed by atoms with E-state index in [1.807, 2.05) is 12.1 Å². The van der Waals surface area contributed by atoms with Crippen molar-refractivity contribution in [2.24, 2.45) is 10.9 Å². The van der Waals surface area contributed by atoms with Crippen LogP contribution in [0.15, 0.2) is 39.3 Å². The maximum absolute atomic E-state index is 13.7. The summed E-state index contributed by atoms with van der Waals surface area (Å²) in [6, 6.07) is 7.94. The molecule has 0 amide bonds. The molecule has 0 aliphatic carbocycles. The Balaban J connectivity index is 2.09. The molecule has 7 heteroatoms. The number of halogens is 2. The SMILES string of the molecule is N/C(=N/O)c1ccc(OCc2ccc(Br)s2)c(F)c1. The van der Waals surface area contributed by atoms with Gasteiger partial charge in [0.2, 0.25) is 0 Å². The van der Waals surface area contributed by atoms with Gasteiger partial charge in [-0.2, -0.15) is 0 Å². The largest absolute Gasteiger partial charge is 0.485 e. The lowest BCUT2D eigenvalue weighted by Crippen LogP contribution is -2.13. The van der Waals surface area contributed by atoms with Gasteiger partial charge in [-0.05, 0) is 46.3 Å². The van der Waals surface area contributed by atoms with Crippen LogP contribution >= 0.6 is 27.3 Å². The van der Waals surface area contributed by atoms with Gasteiger partial charge in [0.1, 0.15) is 6.61 Å². The predicted molar refractivity (Wildman–Crippen MR) is 75.3 cm³/mol. The fourth-order valence-electron chi connectivity index (χ4n) is 1.41. The van der Waals surface area contributed by atoms with E-state index in [1.165, 1.54) is 23.5 Å². The summed E-state index contributed by atoms with van der Waals surface area (Å²) in [6.07, 6.45) is 0. The molecule has 1 aromatic heterocycles. The van der Waals surface area contributed by atoms with Crippen molar-refractivity contribution in [3.8, 4) is 5.75 Å². The summed E-state index contributed by atoms with van der Waals surface area (Å²) in [5, 5.41) is 11.3. The third kappa shape index (κ3) is 3.45. The van der Waals surface area contributed by atoms with Crippen molar-refractivity contribution < 1.29 is 14.3 Å². The van der Waals surface area contributed by atoms with E-state index in [-0.39, 0.29) is 18.2 Å². The number of nitrogens with zero attached hydrogens (tertiary/aromatic N) is 1. The lowest BCUT2D eigenvalue weighted by Gasteiger charge is -2.07. The molecular formula is C12H10BrFN2O2S. The van der Waals surface area contributed by atoms with E-state index in [0.29, 0.717) is 5.56 Å². The topological polar surface area (TPSA) is 67.8 Å². The lowest BCUT2D eigenvalue weighted by molar-refractivity contribution is 0.293. The summed E-state index contributed by atoms with van der Waals surface area (Å²) in [5.41, 5.74) is 5.67. The second-order valence-electron chi connectivity index (χ2n) is 3.62. The zero-order valence-electron chi connectivity index (χ0n) is 9.64. The van der Waals surface area contributed by atoms with Crippen LogP contribution in [0.3, 0.4) is 0 Å². The Hall–Kier alpha value is -1.60. The minimum atomic E-state index is -0.556. The smallest absolute Gasteiger partial charge is 0.170 e. The zero-order valence-corrected chi connectivity index (χ0v) is 12.0. The van der Waals surface area contributed by atoms with Crippen molar-refractivity contribution in [1.29, 1.82) is 0 Å². The Kier molecular flexibility index (Phi) is 4.39. The number of benzene rings is 1. The van der Waals surface area contributed by atoms with Crippen LogP contribution in [0.4, 0.5) is 4.39 Å². The summed E-state index contributed by atoms with van der Waals surface area (Å²) in [6.45, 7) is 0.288. The number of thiophene rings is 1. The van der Waals surface area contributed by atoms with Crippen molar-refractivity contribution in [2.75, 3.05) is 0 Å². The molecule has 3 N–H and O–H groups in total. The van der Waals surface area contributed by atoms with Gasteiger partial charge in [-0.3, -0.25) is 0 Å². The van der Waals surface area contributed by atoms with Crippen molar-refractivity contribution in [3.05, 3.63) is 50.4 Å². The van der Waals surface area contributed by atoms with Crippen LogP contribution in [0.25, 0.3) is 0 Å². The molecule has 2 aromatic rings. The number of amidine groups is 1. The highest BCUT2D eigenvalue weighted by Gasteiger charge is 2.08. The fourth-order valence-corrected chi connectivity index (χ4v) is 2.81. The van der Waals surface area contributed by atoms with Crippen molar-refractivity contribution in [1.82, 2.24) is 0 Å². The van der Waals surface area contributed by atoms with Gasteiger partial charge in [-0.15, -0.1) is 11.3 Å². The maximum atomic E-state index is 13.7. The first-order chi connectivity index (χ1) is 9.10. The van der Waals surface area contributed by atoms with E-state index in [1.54, 1.807) is 0 Å². The van der Waals surface area contributed by atoms with E-state index in [2.05, 4.69) is 21.1 Å². The van der Waals surface area contributed by atoms with Crippen LogP contribution in [-0.2, 0) is 6.61 Å². The van der Waals surface area contributed by atoms with Crippen molar-refractivity contribution >= 4 is 33.1 Å². The molecule has 1 heterocycles. The van der Waals surface area contributed by atoms with E-state index in [0.717, 1.165) is 14.7 Å². The summed E-state index contributed by atoms with van der Waals surface area (Å²) in [7, 11) is 0. The number of hydrogen-bond acceptors (Lipinski definition) is 4. The van der Waals surface area contributed by atoms with Crippen LogP contribution in [0.5, 0.6) is 5.75 Å². The zero-order chi connectivity index (χ0) is 13.8. The van der Waals surface area contributed by atoms with Crippen LogP contribution in [0, 0.1) is 5.82 Å². The Morgan fingerprint density at radius 2 is 2.21 bits per heavy atom. The highest BCUT2D eigenvalue weighted by molar-refractivity contribution is 9.11. The van der Waals surface area contributed by atoms with Gasteiger partial charge in [0.25, 0.3) is 0 Å². The lowest BCUT2D eigenvalue weighted by atomic mass is 10.2. The van der Waals surface area contributed by atoms with Crippen LogP contribution < -0.4 is 10.5 Å². The van der Waals surface area contributed by atoms with Gasteiger partial charge in [0, 0.05) is 10.4 Å². The fraction of sp³-hybridized carbons (Fsp3) is 0.0833. The molecule has 1 aromatic carbocycles. The molecule has 2 rings (SSSR count). The number of rotatable bonds is 4. The molecule has 0 saturated heterocycles. The number of nitrogens with two attached hydrogens (primary N) is 1. The maximum Gasteiger partial charge on any atom is 0.170 e. The number of ether oxygens (including phenoxy) is 1. The molecule has 0 aliphatic heterocycles. The standard InChI is InChI=1S/C12H10BrFN2O2S/c13-11-4-2-8(19-11)6-18-10-3-1-7(5-9(10)14)12(15)16-17/h1-5,17H,6H2,(H2,15,16). The average molecular weight is 345 g/mol. The van der Waals surface area contributed by atoms with Crippen molar-refractivity contribution in [3.63, 3.8) is 0 Å². The molecule has 19 heavy (non-hydrogen) atoms. The first kappa shape index (κ1) is 13.8. The van der Waals surface area contributed by atoms with E-state index < -0.39 is 5.82 Å². The summed E-state index contributed by atoms with van der Waals surface area (Å²) < 4.78 is 20.1. The average Bonchev–Trinajstić information content (AvgIpc) is 2.82. The van der Waals surface area contributed by atoms with E-state index in [4.69, 9.17) is 15.7 Å². The molecule has 4 nitrogen and oxygen atoms in total. The molecule has 0 saturated carbocycles. The molecule has 0 bridgehead atoms. The quantitative estimate of drug-likeness (QED) is 0.387. The Labute approximate surface area is 121 Å². The first-order valence-corrected chi connectivity index (χ1v) is 6.85. The minimum Gasteiger partial charge on any atom is -0.485 e. The number of hydrogen-bond donors (Lipinski definition) is 2. The highest BCUT2D eigenvalue weighted by Crippen LogP contribution is 2.25. The Bertz CT molecular complexity index is 616. The molecular weight excluding hydrogens is 335 g/mol. The predicted octanol–water partition coefficient (Wildman–Crippen LogP) is 3.32. The third-order valence-electron chi connectivity index (χ3n) is 2.33. The summed E-state index contributed by atoms with van der Waals surface area (Å²) in [5.74, 6) is -0.577. The van der Waals surface area contributed by atoms with Crippen LogP contribution in [0.1, 0.15) is 10.4 Å². The highest BCUT2D eigenvalue weighted by atomic mass is 79.9. The van der Waals surface area contributed by atoms with Gasteiger partial charge in [-0.25, -0.2) is 4.39 Å². The molecule has 0 unspecified atom stereocenters. The molecule has 100 valence electrons. The normalized spacial score (nSPS) is 11.6. The van der Waals surface area contributed by atoms with Gasteiger partial charge >= 0.3 is 0 Å². The second-order valence-corrected chi connectivity index (χ2v) is 6.17. The van der Waals surface area contributed by atoms with Crippen molar-refractivity contribution in [2.45, 2.75) is 6.61 Å². The molecule has 0 fully saturated rings. The van der Waals surface area contributed by atoms with Crippen LogP contribution in [0.2, 0.25) is 0 Å². The van der Waals surface area contributed by atoms with E-state index in [9.17, 15) is 4.39 Å². The second kappa shape index (κ2) is 6.03. The van der Waals surface area contributed by atoms with Gasteiger partial charge < -0.3 is 15.7 Å². The first-order valence-electron chi connectivity index (χ1n) is 5.24. The monoisotopic (exact) mass is 344 g/mol. The summed E-state index contributed by atoms with van der Waals surface area (Å²) >= 11 is 4.87. The number of oxime groups is 1. The minimum absolute atomic E-state index is 0.124. The Morgan fingerprint density at radius 1 is 1.42 bits per heavy atom. The summed E-state index contributed by atoms with van der Waals surface area (Å²) in [4.78, 5) is 0.979. The van der Waals surface area contributed by atoms with Gasteiger partial charge in [0.15, 0.2) is 17.4 Å². The Morgan fingerprint density at radius 3 is 2.79 bits per heavy atom. The van der Waals surface area contributed by atoms with Gasteiger partial charge in [0.05, 0.1) is 3.79 Å².